The molecular weight excluding hydrogens is 314 g/mol. The smallest absolute Gasteiger partial charge is 0.172 e. The number of nitrogens with zero attached hydrogens (tertiary/aromatic N) is 3. The lowest BCUT2D eigenvalue weighted by Crippen LogP contribution is -2.43. The molecule has 1 saturated carbocycles. The summed E-state index contributed by atoms with van der Waals surface area (Å²) in [6.45, 7) is 4.99. The average Bonchev–Trinajstić information content (AvgIpc) is 2.59. The van der Waals surface area contributed by atoms with E-state index in [0.717, 1.165) is 37.1 Å². The minimum atomic E-state index is -0.245. The second-order valence-electron chi connectivity index (χ2n) is 7.27. The minimum Gasteiger partial charge on any atom is -0.370 e. The summed E-state index contributed by atoms with van der Waals surface area (Å²) < 4.78 is 0. The van der Waals surface area contributed by atoms with Gasteiger partial charge >= 0.3 is 0 Å². The molecule has 3 rings (SSSR count). The number of carbonyl (C=O) groups excluding carboxylic acids is 2. The summed E-state index contributed by atoms with van der Waals surface area (Å²) in [6.07, 6.45) is 8.41. The van der Waals surface area contributed by atoms with Gasteiger partial charge in [0.15, 0.2) is 12.1 Å². The number of Topliss-reactive ketones (excluding diaryl/α,β-unsaturated/α-hetero) is 1. The van der Waals surface area contributed by atoms with Crippen LogP contribution in [0.15, 0.2) is 17.8 Å². The van der Waals surface area contributed by atoms with Gasteiger partial charge in [-0.1, -0.05) is 6.42 Å². The molecule has 2 aliphatic rings. The number of aldehydes is 1. The number of nitriles is 1. The molecule has 0 bridgehead atoms. The Bertz CT molecular complexity index is 775. The maximum atomic E-state index is 12.1. The number of hydrogen-bond acceptors (Lipinski definition) is 5. The fourth-order valence-corrected chi connectivity index (χ4v) is 4.00. The van der Waals surface area contributed by atoms with Gasteiger partial charge in [-0.15, -0.1) is 0 Å². The Balaban J connectivity index is 2.04. The van der Waals surface area contributed by atoms with Crippen molar-refractivity contribution in [3.8, 4) is 6.07 Å². The number of rotatable bonds is 4. The predicted octanol–water partition coefficient (Wildman–Crippen LogP) is 3.29. The molecule has 0 amide bonds. The number of aromatic nitrogens is 1. The molecular formula is C20H23N3O2. The van der Waals surface area contributed by atoms with E-state index in [4.69, 9.17) is 0 Å². The zero-order valence-corrected chi connectivity index (χ0v) is 14.8. The van der Waals surface area contributed by atoms with Crippen LogP contribution in [0, 0.1) is 23.7 Å². The van der Waals surface area contributed by atoms with Gasteiger partial charge in [0.1, 0.15) is 17.3 Å². The Kier molecular flexibility index (Phi) is 4.71. The van der Waals surface area contributed by atoms with Crippen molar-refractivity contribution in [2.24, 2.45) is 5.41 Å². The highest BCUT2D eigenvalue weighted by Crippen LogP contribution is 2.49. The van der Waals surface area contributed by atoms with Crippen LogP contribution in [0.2, 0.25) is 0 Å². The van der Waals surface area contributed by atoms with Gasteiger partial charge in [0.05, 0.1) is 5.70 Å². The standard InChI is InChI=1S/C20H23N3O2/c1-14-12-22-16(13-24)10-17(14)19(18(11-21)15(2)25)23-8-6-20(7-9-23)4-3-5-20/h10,12-13H,3-9H2,1-2H3/b19-18+. The zero-order chi connectivity index (χ0) is 18.0. The lowest BCUT2D eigenvalue weighted by atomic mass is 9.63. The van der Waals surface area contributed by atoms with Gasteiger partial charge in [0.2, 0.25) is 0 Å². The molecule has 0 aromatic carbocycles. The first-order valence-corrected chi connectivity index (χ1v) is 8.82. The summed E-state index contributed by atoms with van der Waals surface area (Å²) in [4.78, 5) is 29.5. The van der Waals surface area contributed by atoms with Crippen molar-refractivity contribution in [2.45, 2.75) is 46.0 Å². The van der Waals surface area contributed by atoms with E-state index in [2.05, 4.69) is 16.0 Å². The lowest BCUT2D eigenvalue weighted by molar-refractivity contribution is -0.113. The Morgan fingerprint density at radius 3 is 2.48 bits per heavy atom. The van der Waals surface area contributed by atoms with Crippen LogP contribution in [-0.4, -0.2) is 35.0 Å². The number of ketones is 1. The third kappa shape index (κ3) is 3.21. The molecule has 0 unspecified atom stereocenters. The largest absolute Gasteiger partial charge is 0.370 e. The highest BCUT2D eigenvalue weighted by atomic mass is 16.1. The second kappa shape index (κ2) is 6.79. The molecule has 1 saturated heterocycles. The highest BCUT2D eigenvalue weighted by molar-refractivity contribution is 6.04. The average molecular weight is 337 g/mol. The molecule has 0 atom stereocenters. The first-order valence-electron chi connectivity index (χ1n) is 8.82. The Hall–Kier alpha value is -2.48. The van der Waals surface area contributed by atoms with E-state index in [9.17, 15) is 14.9 Å². The van der Waals surface area contributed by atoms with Gasteiger partial charge in [0.25, 0.3) is 0 Å². The number of carbonyl (C=O) groups is 2. The van der Waals surface area contributed by atoms with E-state index in [1.54, 1.807) is 12.3 Å². The molecule has 1 aliphatic carbocycles. The number of likely N-dealkylation sites (tertiary alicyclic amines) is 1. The molecule has 130 valence electrons. The van der Waals surface area contributed by atoms with Crippen LogP contribution in [0.25, 0.3) is 5.70 Å². The zero-order valence-electron chi connectivity index (χ0n) is 14.8. The summed E-state index contributed by atoms with van der Waals surface area (Å²) in [5.74, 6) is -0.245. The van der Waals surface area contributed by atoms with E-state index < -0.39 is 0 Å². The van der Waals surface area contributed by atoms with Crippen molar-refractivity contribution in [2.75, 3.05) is 13.1 Å². The van der Waals surface area contributed by atoms with Crippen LogP contribution in [0.1, 0.15) is 60.6 Å². The number of hydrogen-bond donors (Lipinski definition) is 0. The van der Waals surface area contributed by atoms with E-state index in [-0.39, 0.29) is 11.4 Å². The van der Waals surface area contributed by atoms with Gasteiger partial charge in [-0.05, 0) is 56.6 Å². The van der Waals surface area contributed by atoms with Gasteiger partial charge < -0.3 is 4.90 Å². The molecule has 0 N–H and O–H groups in total. The fourth-order valence-electron chi connectivity index (χ4n) is 4.00. The Morgan fingerprint density at radius 2 is 2.00 bits per heavy atom. The van der Waals surface area contributed by atoms with Crippen molar-refractivity contribution >= 4 is 17.8 Å². The van der Waals surface area contributed by atoms with Crippen molar-refractivity contribution < 1.29 is 9.59 Å². The quantitative estimate of drug-likeness (QED) is 0.479. The molecule has 5 heteroatoms. The molecule has 0 radical (unpaired) electrons. The van der Waals surface area contributed by atoms with E-state index in [1.807, 2.05) is 6.92 Å². The number of aryl methyl sites for hydroxylation is 1. The maximum absolute atomic E-state index is 12.1. The molecule has 1 aliphatic heterocycles. The van der Waals surface area contributed by atoms with Gasteiger partial charge in [0, 0.05) is 24.8 Å². The number of pyridine rings is 1. The van der Waals surface area contributed by atoms with Gasteiger partial charge in [-0.2, -0.15) is 5.26 Å². The van der Waals surface area contributed by atoms with E-state index >= 15 is 0 Å². The van der Waals surface area contributed by atoms with Gasteiger partial charge in [-0.25, -0.2) is 0 Å². The van der Waals surface area contributed by atoms with Crippen LogP contribution in [0.4, 0.5) is 0 Å². The summed E-state index contributed by atoms with van der Waals surface area (Å²) in [5.41, 5.74) is 3.23. The van der Waals surface area contributed by atoms with Crippen LogP contribution in [-0.2, 0) is 4.79 Å². The van der Waals surface area contributed by atoms with Crippen LogP contribution in [0.3, 0.4) is 0 Å². The summed E-state index contributed by atoms with van der Waals surface area (Å²) >= 11 is 0. The molecule has 1 aromatic rings. The first kappa shape index (κ1) is 17.3. The molecule has 5 nitrogen and oxygen atoms in total. The first-order chi connectivity index (χ1) is 12.0. The van der Waals surface area contributed by atoms with Crippen LogP contribution < -0.4 is 0 Å². The maximum Gasteiger partial charge on any atom is 0.172 e. The third-order valence-corrected chi connectivity index (χ3v) is 5.76. The van der Waals surface area contributed by atoms with Crippen molar-refractivity contribution in [3.63, 3.8) is 0 Å². The monoisotopic (exact) mass is 337 g/mol. The van der Waals surface area contributed by atoms with E-state index in [0.29, 0.717) is 23.1 Å². The van der Waals surface area contributed by atoms with Gasteiger partial charge in [-0.3, -0.25) is 14.6 Å². The highest BCUT2D eigenvalue weighted by Gasteiger charge is 2.40. The topological polar surface area (TPSA) is 74.1 Å². The summed E-state index contributed by atoms with van der Waals surface area (Å²) in [5, 5.41) is 9.60. The SMILES string of the molecule is CC(=O)/C(C#N)=C(\c1cc(C=O)ncc1C)N1CCC2(CCC2)CC1. The number of allylic oxidation sites excluding steroid dienone is 1. The summed E-state index contributed by atoms with van der Waals surface area (Å²) in [7, 11) is 0. The Labute approximate surface area is 148 Å². The molecule has 2 heterocycles. The Morgan fingerprint density at radius 1 is 1.32 bits per heavy atom. The fraction of sp³-hybridized carbons (Fsp3) is 0.500. The predicted molar refractivity (Wildman–Crippen MR) is 94.7 cm³/mol. The molecule has 25 heavy (non-hydrogen) atoms. The molecule has 2 fully saturated rings. The van der Waals surface area contributed by atoms with Crippen LogP contribution in [0.5, 0.6) is 0 Å². The lowest BCUT2D eigenvalue weighted by Gasteiger charge is -2.49. The molecule has 1 aromatic heterocycles. The third-order valence-electron chi connectivity index (χ3n) is 5.76. The van der Waals surface area contributed by atoms with Crippen molar-refractivity contribution in [3.05, 3.63) is 34.7 Å². The van der Waals surface area contributed by atoms with Crippen molar-refractivity contribution in [1.82, 2.24) is 9.88 Å². The molecule has 1 spiro atoms. The second-order valence-corrected chi connectivity index (χ2v) is 7.27. The minimum absolute atomic E-state index is 0.163. The normalized spacial score (nSPS) is 19.6. The summed E-state index contributed by atoms with van der Waals surface area (Å²) in [6, 6.07) is 3.78. The van der Waals surface area contributed by atoms with Crippen LogP contribution >= 0.6 is 0 Å². The van der Waals surface area contributed by atoms with Crippen molar-refractivity contribution in [1.29, 1.82) is 5.26 Å². The number of piperidine rings is 1. The van der Waals surface area contributed by atoms with E-state index in [1.165, 1.54) is 26.2 Å².